The summed E-state index contributed by atoms with van der Waals surface area (Å²) in [7, 11) is 5.62. The molecule has 3 amide bonds. The molecular weight excluding hydrogens is 524 g/mol. The van der Waals surface area contributed by atoms with Crippen molar-refractivity contribution in [2.24, 2.45) is 0 Å². The average Bonchev–Trinajstić information content (AvgIpc) is 3.57. The van der Waals surface area contributed by atoms with Crippen molar-refractivity contribution in [3.05, 3.63) is 71.4 Å². The van der Waals surface area contributed by atoms with E-state index < -0.39 is 0 Å². The van der Waals surface area contributed by atoms with E-state index in [1.807, 2.05) is 25.3 Å². The van der Waals surface area contributed by atoms with E-state index in [2.05, 4.69) is 69.3 Å². The molecule has 2 atom stereocenters. The Kier molecular flexibility index (Phi) is 11.4. The molecule has 4 N–H and O–H groups in total. The number of piperidine rings is 2. The monoisotopic (exact) mass is 574 g/mol. The molecule has 0 saturated carbocycles. The number of nitrogens with one attached hydrogen (secondary N) is 4. The summed E-state index contributed by atoms with van der Waals surface area (Å²) in [5.41, 5.74) is 6.20. The summed E-state index contributed by atoms with van der Waals surface area (Å²) in [6.45, 7) is 6.50. The highest BCUT2D eigenvalue weighted by molar-refractivity contribution is 5.83. The minimum Gasteiger partial charge on any atom is -0.361 e. The summed E-state index contributed by atoms with van der Waals surface area (Å²) < 4.78 is 0. The van der Waals surface area contributed by atoms with E-state index in [9.17, 15) is 9.59 Å². The topological polar surface area (TPSA) is 92.5 Å². The fourth-order valence-electron chi connectivity index (χ4n) is 6.44. The Labute approximate surface area is 251 Å². The summed E-state index contributed by atoms with van der Waals surface area (Å²) in [6.07, 6.45) is 11.2. The summed E-state index contributed by atoms with van der Waals surface area (Å²) >= 11 is 0. The van der Waals surface area contributed by atoms with Gasteiger partial charge in [0.15, 0.2) is 0 Å². The van der Waals surface area contributed by atoms with Gasteiger partial charge in [0.25, 0.3) is 0 Å². The Morgan fingerprint density at radius 3 is 2.55 bits per heavy atom. The maximum Gasteiger partial charge on any atom is 0.315 e. The minimum atomic E-state index is -0.0685. The van der Waals surface area contributed by atoms with E-state index in [-0.39, 0.29) is 18.1 Å². The summed E-state index contributed by atoms with van der Waals surface area (Å²) in [5.74, 6) is 0. The summed E-state index contributed by atoms with van der Waals surface area (Å²) in [5, 5.41) is 10.6. The van der Waals surface area contributed by atoms with E-state index in [1.54, 1.807) is 25.2 Å². The fraction of sp³-hybridized carbons (Fsp3) is 0.529. The number of aromatic nitrogens is 1. The van der Waals surface area contributed by atoms with Crippen LogP contribution in [0.3, 0.4) is 0 Å². The highest BCUT2D eigenvalue weighted by atomic mass is 16.2. The molecule has 2 fully saturated rings. The number of aryl methyl sites for hydroxylation is 1. The van der Waals surface area contributed by atoms with Crippen molar-refractivity contribution in [2.45, 2.75) is 69.4 Å². The van der Waals surface area contributed by atoms with Gasteiger partial charge in [-0.3, -0.25) is 4.79 Å². The van der Waals surface area contributed by atoms with Gasteiger partial charge in [0, 0.05) is 49.8 Å². The lowest BCUT2D eigenvalue weighted by atomic mass is 9.74. The molecule has 2 unspecified atom stereocenters. The van der Waals surface area contributed by atoms with Crippen molar-refractivity contribution < 1.29 is 9.59 Å². The quantitative estimate of drug-likeness (QED) is 0.339. The number of fused-ring (bicyclic) bond motifs is 3. The van der Waals surface area contributed by atoms with Crippen molar-refractivity contribution in [2.75, 3.05) is 47.3 Å². The lowest BCUT2D eigenvalue weighted by Crippen LogP contribution is -2.51. The number of amides is 3. The van der Waals surface area contributed by atoms with Crippen LogP contribution in [0.5, 0.6) is 0 Å². The maximum atomic E-state index is 12.1. The first-order valence-electron chi connectivity index (χ1n) is 15.5. The third-order valence-electron chi connectivity index (χ3n) is 8.83. The first kappa shape index (κ1) is 31.6. The summed E-state index contributed by atoms with van der Waals surface area (Å²) in [6, 6.07) is 17.6. The Hall–Kier alpha value is -3.36. The van der Waals surface area contributed by atoms with Crippen LogP contribution in [0.25, 0.3) is 10.9 Å². The van der Waals surface area contributed by atoms with E-state index in [0.717, 1.165) is 44.3 Å². The molecule has 1 spiro atoms. The molecule has 3 heterocycles. The third-order valence-corrected chi connectivity index (χ3v) is 8.83. The van der Waals surface area contributed by atoms with E-state index in [1.165, 1.54) is 54.6 Å². The molecule has 6 rings (SSSR count). The van der Waals surface area contributed by atoms with Crippen LogP contribution in [0.15, 0.2) is 54.7 Å². The van der Waals surface area contributed by atoms with Crippen LogP contribution in [0, 0.1) is 0 Å². The number of carbonyl (C=O) groups is 2. The van der Waals surface area contributed by atoms with Crippen LogP contribution >= 0.6 is 0 Å². The smallest absolute Gasteiger partial charge is 0.315 e. The second-order valence-corrected chi connectivity index (χ2v) is 12.4. The first-order valence-corrected chi connectivity index (χ1v) is 15.5. The third kappa shape index (κ3) is 8.58. The first-order chi connectivity index (χ1) is 20.3. The molecular formula is C34H50N6O2. The van der Waals surface area contributed by atoms with Gasteiger partial charge in [-0.15, -0.1) is 0 Å². The van der Waals surface area contributed by atoms with Gasteiger partial charge < -0.3 is 30.7 Å². The zero-order valence-corrected chi connectivity index (χ0v) is 25.9. The number of hydrogen-bond donors (Lipinski definition) is 4. The van der Waals surface area contributed by atoms with Gasteiger partial charge in [0.2, 0.25) is 6.41 Å². The van der Waals surface area contributed by atoms with Crippen molar-refractivity contribution in [3.8, 4) is 0 Å². The Morgan fingerprint density at radius 1 is 1.12 bits per heavy atom. The van der Waals surface area contributed by atoms with Gasteiger partial charge in [-0.2, -0.15) is 0 Å². The molecule has 3 aliphatic rings. The molecule has 2 aliphatic heterocycles. The number of nitrogens with zero attached hydrogens (tertiary/aromatic N) is 2. The predicted octanol–water partition coefficient (Wildman–Crippen LogP) is 4.45. The molecule has 3 aromatic rings. The van der Waals surface area contributed by atoms with Gasteiger partial charge in [0.05, 0.1) is 0 Å². The number of aromatic amines is 1. The maximum absolute atomic E-state index is 12.1. The highest BCUT2D eigenvalue weighted by Crippen LogP contribution is 2.45. The molecule has 1 aromatic heterocycles. The van der Waals surface area contributed by atoms with Crippen LogP contribution in [-0.2, 0) is 23.1 Å². The van der Waals surface area contributed by atoms with Crippen LogP contribution < -0.4 is 16.0 Å². The number of hydrogen-bond acceptors (Lipinski definition) is 4. The van der Waals surface area contributed by atoms with Gasteiger partial charge in [-0.25, -0.2) is 4.79 Å². The van der Waals surface area contributed by atoms with E-state index in [4.69, 9.17) is 0 Å². The van der Waals surface area contributed by atoms with E-state index >= 15 is 0 Å². The normalized spacial score (nSPS) is 19.9. The number of para-hydroxylation sites is 1. The number of urea groups is 1. The van der Waals surface area contributed by atoms with Crippen molar-refractivity contribution >= 4 is 23.3 Å². The standard InChI is InChI=1S/C17H24N4O.C14H19N.C3H7NO/c1-12(20-17(22)21-14-5-4-8-18-11-14)9-13-10-19-16-7-3-2-6-15(13)16;1-15-10-8-14(9-11-15)7-6-12-4-2-3-5-13(12)14;1-4(2)3-5/h2-3,6-7,10,12,14,18-19H,4-5,8-9,11H2,1H3,(H2,20,21,22);2-5H,6-11H2,1H3;3H,1-2H3. The number of H-pyrrole nitrogens is 1. The van der Waals surface area contributed by atoms with Gasteiger partial charge >= 0.3 is 6.03 Å². The number of benzene rings is 2. The van der Waals surface area contributed by atoms with Crippen LogP contribution in [0.4, 0.5) is 4.79 Å². The van der Waals surface area contributed by atoms with E-state index in [0.29, 0.717) is 5.41 Å². The molecule has 0 radical (unpaired) electrons. The number of rotatable bonds is 5. The molecule has 2 aromatic carbocycles. The highest BCUT2D eigenvalue weighted by Gasteiger charge is 2.40. The van der Waals surface area contributed by atoms with Crippen molar-refractivity contribution in [1.29, 1.82) is 0 Å². The molecule has 0 bridgehead atoms. The molecule has 1 aliphatic carbocycles. The molecule has 8 nitrogen and oxygen atoms in total. The SMILES string of the molecule is CC(Cc1c[nH]c2ccccc12)NC(=O)NC1CCCNC1.CN(C)C=O.CN1CCC2(CCc3ccccc32)CC1. The molecule has 228 valence electrons. The molecule has 42 heavy (non-hydrogen) atoms. The predicted molar refractivity (Wildman–Crippen MR) is 172 cm³/mol. The van der Waals surface area contributed by atoms with Gasteiger partial charge in [-0.05, 0) is 107 Å². The Balaban J connectivity index is 0.000000174. The Morgan fingerprint density at radius 2 is 1.83 bits per heavy atom. The second kappa shape index (κ2) is 15.2. The summed E-state index contributed by atoms with van der Waals surface area (Å²) in [4.78, 5) is 28.7. The molecule has 2 saturated heterocycles. The van der Waals surface area contributed by atoms with Crippen LogP contribution in [0.1, 0.15) is 55.7 Å². The zero-order chi connectivity index (χ0) is 30.0. The largest absolute Gasteiger partial charge is 0.361 e. The van der Waals surface area contributed by atoms with Gasteiger partial charge in [-0.1, -0.05) is 42.5 Å². The number of carbonyl (C=O) groups excluding carboxylic acids is 2. The molecule has 8 heteroatoms. The zero-order valence-electron chi connectivity index (χ0n) is 25.9. The van der Waals surface area contributed by atoms with Crippen molar-refractivity contribution in [3.63, 3.8) is 0 Å². The fourth-order valence-corrected chi connectivity index (χ4v) is 6.44. The van der Waals surface area contributed by atoms with Crippen LogP contribution in [-0.4, -0.2) is 86.6 Å². The lowest BCUT2D eigenvalue weighted by Gasteiger charge is -2.38. The lowest BCUT2D eigenvalue weighted by molar-refractivity contribution is -0.115. The van der Waals surface area contributed by atoms with Gasteiger partial charge in [0.1, 0.15) is 0 Å². The Bertz CT molecular complexity index is 1270. The minimum absolute atomic E-state index is 0.0685. The number of likely N-dealkylation sites (tertiary alicyclic amines) is 1. The second-order valence-electron chi connectivity index (χ2n) is 12.4. The van der Waals surface area contributed by atoms with Crippen molar-refractivity contribution in [1.82, 2.24) is 30.7 Å². The van der Waals surface area contributed by atoms with Crippen LogP contribution in [0.2, 0.25) is 0 Å². The average molecular weight is 575 g/mol.